The average Bonchev–Trinajstić information content (AvgIpc) is 2.84. The van der Waals surface area contributed by atoms with Gasteiger partial charge in [-0.15, -0.1) is 0 Å². The van der Waals surface area contributed by atoms with Crippen molar-refractivity contribution in [1.82, 2.24) is 4.57 Å². The summed E-state index contributed by atoms with van der Waals surface area (Å²) in [6.07, 6.45) is 6.67. The molecule has 1 aromatic carbocycles. The van der Waals surface area contributed by atoms with Crippen LogP contribution in [0.1, 0.15) is 39.9 Å². The van der Waals surface area contributed by atoms with Crippen LogP contribution in [0.5, 0.6) is 0 Å². The highest BCUT2D eigenvalue weighted by Gasteiger charge is 2.18. The maximum atomic E-state index is 11.8. The highest BCUT2D eigenvalue weighted by atomic mass is 16.1. The second-order valence-electron chi connectivity index (χ2n) is 4.95. The lowest BCUT2D eigenvalue weighted by Gasteiger charge is -2.07. The van der Waals surface area contributed by atoms with Gasteiger partial charge in [0.2, 0.25) is 0 Å². The van der Waals surface area contributed by atoms with Crippen molar-refractivity contribution in [2.24, 2.45) is 0 Å². The first-order valence-corrected chi connectivity index (χ1v) is 6.47. The number of carbonyl (C=O) groups is 1. The maximum absolute atomic E-state index is 11.8. The van der Waals surface area contributed by atoms with Crippen LogP contribution in [-0.4, -0.2) is 10.4 Å². The normalized spacial score (nSPS) is 13.9. The molecule has 19 heavy (non-hydrogen) atoms. The highest BCUT2D eigenvalue weighted by Crippen LogP contribution is 2.22. The molecule has 3 rings (SSSR count). The van der Waals surface area contributed by atoms with Crippen LogP contribution in [0, 0.1) is 11.3 Å². The molecule has 0 saturated carbocycles. The number of nitriles is 1. The van der Waals surface area contributed by atoms with Crippen molar-refractivity contribution < 1.29 is 4.79 Å². The van der Waals surface area contributed by atoms with E-state index in [4.69, 9.17) is 5.26 Å². The molecule has 0 atom stereocenters. The summed E-state index contributed by atoms with van der Waals surface area (Å²) in [6.45, 7) is 0.742. The van der Waals surface area contributed by atoms with E-state index in [0.29, 0.717) is 12.0 Å². The van der Waals surface area contributed by atoms with E-state index in [0.717, 1.165) is 30.5 Å². The Morgan fingerprint density at radius 1 is 1.16 bits per heavy atom. The van der Waals surface area contributed by atoms with Gasteiger partial charge in [-0.2, -0.15) is 5.26 Å². The third-order valence-electron chi connectivity index (χ3n) is 3.56. The first kappa shape index (κ1) is 11.7. The largest absolute Gasteiger partial charge is 0.349 e. The Balaban J connectivity index is 1.83. The molecule has 0 spiro atoms. The van der Waals surface area contributed by atoms with E-state index in [1.807, 2.05) is 30.5 Å². The zero-order valence-corrected chi connectivity index (χ0v) is 10.6. The molecule has 0 unspecified atom stereocenters. The number of Topliss-reactive ketones (excluding diaryl/α,β-unsaturated/α-hetero) is 1. The van der Waals surface area contributed by atoms with Crippen molar-refractivity contribution in [2.75, 3.05) is 0 Å². The number of aromatic nitrogens is 1. The lowest BCUT2D eigenvalue weighted by atomic mass is 9.95. The van der Waals surface area contributed by atoms with Crippen molar-refractivity contribution in [3.05, 3.63) is 58.9 Å². The Bertz CT molecular complexity index is 659. The van der Waals surface area contributed by atoms with Gasteiger partial charge in [0.25, 0.3) is 0 Å². The Morgan fingerprint density at radius 2 is 1.95 bits per heavy atom. The molecule has 0 radical (unpaired) electrons. The van der Waals surface area contributed by atoms with E-state index in [1.54, 1.807) is 0 Å². The van der Waals surface area contributed by atoms with Crippen molar-refractivity contribution >= 4 is 5.78 Å². The van der Waals surface area contributed by atoms with E-state index < -0.39 is 0 Å². The zero-order valence-electron chi connectivity index (χ0n) is 10.6. The number of benzene rings is 1. The van der Waals surface area contributed by atoms with Gasteiger partial charge in [-0.05, 0) is 36.1 Å². The van der Waals surface area contributed by atoms with Crippen molar-refractivity contribution in [2.45, 2.75) is 25.8 Å². The van der Waals surface area contributed by atoms with E-state index >= 15 is 0 Å². The molecule has 0 saturated heterocycles. The Kier molecular flexibility index (Phi) is 2.92. The average molecular weight is 250 g/mol. The zero-order chi connectivity index (χ0) is 13.2. The van der Waals surface area contributed by atoms with Gasteiger partial charge >= 0.3 is 0 Å². The van der Waals surface area contributed by atoms with Crippen LogP contribution < -0.4 is 0 Å². The van der Waals surface area contributed by atoms with E-state index in [1.165, 1.54) is 5.56 Å². The second-order valence-corrected chi connectivity index (χ2v) is 4.95. The van der Waals surface area contributed by atoms with E-state index in [-0.39, 0.29) is 5.78 Å². The minimum atomic E-state index is 0.264. The number of hydrogen-bond donors (Lipinski definition) is 0. The molecule has 0 amide bonds. The third-order valence-corrected chi connectivity index (χ3v) is 3.56. The lowest BCUT2D eigenvalue weighted by Crippen LogP contribution is -2.07. The molecule has 1 heterocycles. The molecule has 1 aliphatic carbocycles. The van der Waals surface area contributed by atoms with Crippen LogP contribution in [0.2, 0.25) is 0 Å². The fraction of sp³-hybridized carbons (Fsp3) is 0.250. The number of hydrogen-bond acceptors (Lipinski definition) is 2. The molecule has 2 aromatic rings. The molecular weight excluding hydrogens is 236 g/mol. The van der Waals surface area contributed by atoms with Gasteiger partial charge in [-0.25, -0.2) is 0 Å². The standard InChI is InChI=1S/C16H14N2O/c17-8-12-4-6-13(7-5-12)9-18-10-14-2-1-3-16(19)15(14)11-18/h4-7,10-11H,1-3,9H2. The number of fused-ring (bicyclic) bond motifs is 1. The number of rotatable bonds is 2. The smallest absolute Gasteiger partial charge is 0.164 e. The van der Waals surface area contributed by atoms with Crippen LogP contribution >= 0.6 is 0 Å². The van der Waals surface area contributed by atoms with Crippen LogP contribution in [0.15, 0.2) is 36.7 Å². The predicted octanol–water partition coefficient (Wildman–Crippen LogP) is 2.93. The number of carbonyl (C=O) groups excluding carboxylic acids is 1. The Labute approximate surface area is 112 Å². The summed E-state index contributed by atoms with van der Waals surface area (Å²) in [5.74, 6) is 0.264. The molecule has 0 bridgehead atoms. The molecule has 0 fully saturated rings. The topological polar surface area (TPSA) is 45.8 Å². The summed E-state index contributed by atoms with van der Waals surface area (Å²) in [7, 11) is 0. The Hall–Kier alpha value is -2.34. The summed E-state index contributed by atoms with van der Waals surface area (Å²) >= 11 is 0. The molecule has 0 N–H and O–H groups in total. The van der Waals surface area contributed by atoms with Crippen LogP contribution in [0.4, 0.5) is 0 Å². The fourth-order valence-corrected chi connectivity index (χ4v) is 2.57. The predicted molar refractivity (Wildman–Crippen MR) is 72.0 cm³/mol. The van der Waals surface area contributed by atoms with Gasteiger partial charge in [0.05, 0.1) is 11.6 Å². The first-order chi connectivity index (χ1) is 9.26. The van der Waals surface area contributed by atoms with Gasteiger partial charge in [0, 0.05) is 30.9 Å². The van der Waals surface area contributed by atoms with E-state index in [2.05, 4.69) is 16.8 Å². The van der Waals surface area contributed by atoms with Gasteiger partial charge < -0.3 is 4.57 Å². The molecule has 94 valence electrons. The van der Waals surface area contributed by atoms with Crippen LogP contribution in [0.3, 0.4) is 0 Å². The minimum Gasteiger partial charge on any atom is -0.349 e. The summed E-state index contributed by atoms with van der Waals surface area (Å²) in [4.78, 5) is 11.8. The van der Waals surface area contributed by atoms with Gasteiger partial charge in [0.15, 0.2) is 5.78 Å². The summed E-state index contributed by atoms with van der Waals surface area (Å²) in [5.41, 5.74) is 3.87. The molecule has 3 heteroatoms. The number of nitrogens with zero attached hydrogens (tertiary/aromatic N) is 2. The second kappa shape index (κ2) is 4.74. The van der Waals surface area contributed by atoms with Crippen LogP contribution in [-0.2, 0) is 13.0 Å². The molecular formula is C16H14N2O. The lowest BCUT2D eigenvalue weighted by molar-refractivity contribution is 0.0973. The third kappa shape index (κ3) is 2.30. The van der Waals surface area contributed by atoms with E-state index in [9.17, 15) is 4.79 Å². The summed E-state index contributed by atoms with van der Waals surface area (Å²) in [6, 6.07) is 9.67. The van der Waals surface area contributed by atoms with Crippen molar-refractivity contribution in [1.29, 1.82) is 5.26 Å². The highest BCUT2D eigenvalue weighted by molar-refractivity contribution is 5.98. The molecule has 3 nitrogen and oxygen atoms in total. The molecule has 0 aliphatic heterocycles. The number of aryl methyl sites for hydroxylation is 1. The maximum Gasteiger partial charge on any atom is 0.164 e. The minimum absolute atomic E-state index is 0.264. The molecule has 1 aromatic heterocycles. The fourth-order valence-electron chi connectivity index (χ4n) is 2.57. The molecule has 1 aliphatic rings. The summed E-state index contributed by atoms with van der Waals surface area (Å²) in [5, 5.41) is 8.77. The number of ketones is 1. The quantitative estimate of drug-likeness (QED) is 0.822. The van der Waals surface area contributed by atoms with Crippen molar-refractivity contribution in [3.8, 4) is 6.07 Å². The van der Waals surface area contributed by atoms with Gasteiger partial charge in [0.1, 0.15) is 0 Å². The van der Waals surface area contributed by atoms with Crippen LogP contribution in [0.25, 0.3) is 0 Å². The summed E-state index contributed by atoms with van der Waals surface area (Å²) < 4.78 is 2.06. The Morgan fingerprint density at radius 3 is 2.63 bits per heavy atom. The van der Waals surface area contributed by atoms with Gasteiger partial charge in [-0.1, -0.05) is 12.1 Å². The SMILES string of the molecule is N#Cc1ccc(Cn2cc3c(c2)C(=O)CCC3)cc1. The van der Waals surface area contributed by atoms with Gasteiger partial charge in [-0.3, -0.25) is 4.79 Å². The first-order valence-electron chi connectivity index (χ1n) is 6.47. The monoisotopic (exact) mass is 250 g/mol. The van der Waals surface area contributed by atoms with Crippen molar-refractivity contribution in [3.63, 3.8) is 0 Å².